The van der Waals surface area contributed by atoms with E-state index in [1.807, 2.05) is 36.6 Å². The molecule has 140 valence electrons. The summed E-state index contributed by atoms with van der Waals surface area (Å²) in [6.45, 7) is 4.85. The monoisotopic (exact) mass is 381 g/mol. The van der Waals surface area contributed by atoms with Gasteiger partial charge in [-0.3, -0.25) is 4.90 Å². The molecule has 4 rings (SSSR count). The van der Waals surface area contributed by atoms with Crippen molar-refractivity contribution in [2.24, 2.45) is 0 Å². The van der Waals surface area contributed by atoms with E-state index < -0.39 is 0 Å². The minimum atomic E-state index is 0.752. The van der Waals surface area contributed by atoms with E-state index in [1.54, 1.807) is 14.2 Å². The van der Waals surface area contributed by atoms with E-state index in [9.17, 15) is 0 Å². The van der Waals surface area contributed by atoms with Crippen molar-refractivity contribution in [3.05, 3.63) is 58.5 Å². The fourth-order valence-corrected chi connectivity index (χ4v) is 4.48. The SMILES string of the molecule is COc1ccc(-c2ccc(CN3CCc4nc(C)ncc4C3)s2)cc1OC. The summed E-state index contributed by atoms with van der Waals surface area (Å²) in [6.07, 6.45) is 2.97. The first-order chi connectivity index (χ1) is 13.2. The maximum absolute atomic E-state index is 5.43. The molecule has 0 spiro atoms. The number of hydrogen-bond donors (Lipinski definition) is 0. The normalized spacial score (nSPS) is 14.0. The van der Waals surface area contributed by atoms with E-state index >= 15 is 0 Å². The summed E-state index contributed by atoms with van der Waals surface area (Å²) in [5, 5.41) is 0. The Balaban J connectivity index is 1.48. The zero-order chi connectivity index (χ0) is 18.8. The summed E-state index contributed by atoms with van der Waals surface area (Å²) < 4.78 is 10.8. The Bertz CT molecular complexity index is 954. The third kappa shape index (κ3) is 3.82. The molecular formula is C21H23N3O2S. The molecule has 0 fully saturated rings. The average Bonchev–Trinajstić information content (AvgIpc) is 3.16. The van der Waals surface area contributed by atoms with E-state index in [0.717, 1.165) is 48.9 Å². The summed E-state index contributed by atoms with van der Waals surface area (Å²) in [6, 6.07) is 10.5. The smallest absolute Gasteiger partial charge is 0.161 e. The van der Waals surface area contributed by atoms with E-state index in [1.165, 1.54) is 21.0 Å². The predicted octanol–water partition coefficient (Wildman–Crippen LogP) is 4.09. The minimum absolute atomic E-state index is 0.752. The van der Waals surface area contributed by atoms with Gasteiger partial charge in [-0.15, -0.1) is 11.3 Å². The van der Waals surface area contributed by atoms with Gasteiger partial charge in [-0.05, 0) is 42.8 Å². The molecule has 2 aromatic heterocycles. The molecule has 5 nitrogen and oxygen atoms in total. The van der Waals surface area contributed by atoms with Gasteiger partial charge in [0.25, 0.3) is 0 Å². The quantitative estimate of drug-likeness (QED) is 0.666. The number of aryl methyl sites for hydroxylation is 1. The van der Waals surface area contributed by atoms with Crippen molar-refractivity contribution >= 4 is 11.3 Å². The molecule has 3 aromatic rings. The molecule has 3 heterocycles. The van der Waals surface area contributed by atoms with Gasteiger partial charge in [0.1, 0.15) is 5.82 Å². The van der Waals surface area contributed by atoms with E-state index in [4.69, 9.17) is 9.47 Å². The molecule has 0 bridgehead atoms. The molecule has 1 aliphatic rings. The van der Waals surface area contributed by atoms with Crippen LogP contribution in [-0.4, -0.2) is 35.6 Å². The lowest BCUT2D eigenvalue weighted by Crippen LogP contribution is -2.30. The van der Waals surface area contributed by atoms with Gasteiger partial charge in [-0.1, -0.05) is 0 Å². The number of nitrogens with zero attached hydrogens (tertiary/aromatic N) is 3. The predicted molar refractivity (Wildman–Crippen MR) is 107 cm³/mol. The van der Waals surface area contributed by atoms with Crippen molar-refractivity contribution in [2.75, 3.05) is 20.8 Å². The highest BCUT2D eigenvalue weighted by molar-refractivity contribution is 7.15. The minimum Gasteiger partial charge on any atom is -0.493 e. The largest absolute Gasteiger partial charge is 0.493 e. The second-order valence-electron chi connectivity index (χ2n) is 6.69. The summed E-state index contributed by atoms with van der Waals surface area (Å²) >= 11 is 1.83. The summed E-state index contributed by atoms with van der Waals surface area (Å²) in [5.41, 5.74) is 3.61. The van der Waals surface area contributed by atoms with Crippen LogP contribution in [0.15, 0.2) is 36.5 Å². The zero-order valence-corrected chi connectivity index (χ0v) is 16.7. The number of methoxy groups -OCH3 is 2. The van der Waals surface area contributed by atoms with Crippen LogP contribution < -0.4 is 9.47 Å². The van der Waals surface area contributed by atoms with Crippen LogP contribution in [-0.2, 0) is 19.5 Å². The standard InChI is InChI=1S/C21H23N3O2S/c1-14-22-11-16-12-24(9-8-18(16)23-14)13-17-5-7-21(27-17)15-4-6-19(25-2)20(10-15)26-3/h4-7,10-11H,8-9,12-13H2,1-3H3. The Labute approximate surface area is 163 Å². The van der Waals surface area contributed by atoms with Crippen molar-refractivity contribution < 1.29 is 9.47 Å². The molecule has 27 heavy (non-hydrogen) atoms. The van der Waals surface area contributed by atoms with Gasteiger partial charge < -0.3 is 9.47 Å². The van der Waals surface area contributed by atoms with Crippen LogP contribution in [0.1, 0.15) is 22.0 Å². The van der Waals surface area contributed by atoms with Gasteiger partial charge >= 0.3 is 0 Å². The molecule has 0 amide bonds. The molecule has 0 saturated heterocycles. The lowest BCUT2D eigenvalue weighted by atomic mass is 10.1. The lowest BCUT2D eigenvalue weighted by Gasteiger charge is -2.27. The number of rotatable bonds is 5. The molecule has 0 unspecified atom stereocenters. The number of aromatic nitrogens is 2. The highest BCUT2D eigenvalue weighted by atomic mass is 32.1. The second-order valence-corrected chi connectivity index (χ2v) is 7.85. The van der Waals surface area contributed by atoms with Gasteiger partial charge in [0.05, 0.1) is 14.2 Å². The maximum atomic E-state index is 5.43. The fourth-order valence-electron chi connectivity index (χ4n) is 3.44. The molecule has 0 saturated carbocycles. The van der Waals surface area contributed by atoms with Gasteiger partial charge in [0, 0.05) is 53.3 Å². The molecule has 0 N–H and O–H groups in total. The first-order valence-electron chi connectivity index (χ1n) is 9.01. The van der Waals surface area contributed by atoms with Crippen LogP contribution in [0, 0.1) is 6.92 Å². The van der Waals surface area contributed by atoms with Crippen LogP contribution in [0.5, 0.6) is 11.5 Å². The number of hydrogen-bond acceptors (Lipinski definition) is 6. The lowest BCUT2D eigenvalue weighted by molar-refractivity contribution is 0.245. The van der Waals surface area contributed by atoms with Crippen LogP contribution in [0.25, 0.3) is 10.4 Å². The number of ether oxygens (including phenoxy) is 2. The zero-order valence-electron chi connectivity index (χ0n) is 15.9. The molecule has 0 radical (unpaired) electrons. The number of fused-ring (bicyclic) bond motifs is 1. The van der Waals surface area contributed by atoms with Crippen LogP contribution in [0.3, 0.4) is 0 Å². The van der Waals surface area contributed by atoms with Crippen LogP contribution in [0.4, 0.5) is 0 Å². The van der Waals surface area contributed by atoms with Crippen molar-refractivity contribution in [1.82, 2.24) is 14.9 Å². The van der Waals surface area contributed by atoms with Crippen molar-refractivity contribution in [3.8, 4) is 21.9 Å². The van der Waals surface area contributed by atoms with E-state index in [-0.39, 0.29) is 0 Å². The molecule has 0 atom stereocenters. The Morgan fingerprint density at radius 1 is 1.11 bits per heavy atom. The molecule has 1 aromatic carbocycles. The molecule has 1 aliphatic heterocycles. The highest BCUT2D eigenvalue weighted by Crippen LogP contribution is 2.35. The fraction of sp³-hybridized carbons (Fsp3) is 0.333. The summed E-state index contributed by atoms with van der Waals surface area (Å²) in [7, 11) is 3.32. The molecule has 0 aliphatic carbocycles. The number of benzene rings is 1. The third-order valence-electron chi connectivity index (χ3n) is 4.84. The Hall–Kier alpha value is -2.44. The third-order valence-corrected chi connectivity index (χ3v) is 5.96. The van der Waals surface area contributed by atoms with Gasteiger partial charge in [-0.2, -0.15) is 0 Å². The molecular weight excluding hydrogens is 358 g/mol. The highest BCUT2D eigenvalue weighted by Gasteiger charge is 2.19. The van der Waals surface area contributed by atoms with E-state index in [2.05, 4.69) is 33.1 Å². The Morgan fingerprint density at radius 3 is 2.78 bits per heavy atom. The second kappa shape index (κ2) is 7.66. The van der Waals surface area contributed by atoms with E-state index in [0.29, 0.717) is 0 Å². The Kier molecular flexibility index (Phi) is 5.09. The first kappa shape index (κ1) is 17.9. The summed E-state index contributed by atoms with van der Waals surface area (Å²) in [4.78, 5) is 14.0. The van der Waals surface area contributed by atoms with Crippen LogP contribution in [0.2, 0.25) is 0 Å². The van der Waals surface area contributed by atoms with Crippen molar-refractivity contribution in [3.63, 3.8) is 0 Å². The topological polar surface area (TPSA) is 47.5 Å². The van der Waals surface area contributed by atoms with Gasteiger partial charge in [0.15, 0.2) is 11.5 Å². The molecule has 6 heteroatoms. The first-order valence-corrected chi connectivity index (χ1v) is 9.83. The number of thiophene rings is 1. The van der Waals surface area contributed by atoms with Crippen LogP contribution >= 0.6 is 11.3 Å². The Morgan fingerprint density at radius 2 is 1.96 bits per heavy atom. The van der Waals surface area contributed by atoms with Gasteiger partial charge in [0.2, 0.25) is 0 Å². The van der Waals surface area contributed by atoms with Crippen molar-refractivity contribution in [1.29, 1.82) is 0 Å². The van der Waals surface area contributed by atoms with Gasteiger partial charge in [-0.25, -0.2) is 9.97 Å². The summed E-state index contributed by atoms with van der Waals surface area (Å²) in [5.74, 6) is 2.37. The average molecular weight is 382 g/mol. The maximum Gasteiger partial charge on any atom is 0.161 e. The van der Waals surface area contributed by atoms with Crippen molar-refractivity contribution in [2.45, 2.75) is 26.4 Å².